The van der Waals surface area contributed by atoms with Gasteiger partial charge in [0.05, 0.1) is 24.0 Å². The molecule has 2 heterocycles. The van der Waals surface area contributed by atoms with Crippen molar-refractivity contribution in [1.29, 1.82) is 0 Å². The van der Waals surface area contributed by atoms with Crippen LogP contribution in [0.25, 0.3) is 0 Å². The van der Waals surface area contributed by atoms with Crippen molar-refractivity contribution in [3.8, 4) is 5.75 Å². The molecule has 0 atom stereocenters. The molecule has 30 heavy (non-hydrogen) atoms. The Bertz CT molecular complexity index is 989. The van der Waals surface area contributed by atoms with Gasteiger partial charge in [-0.15, -0.1) is 0 Å². The molecule has 1 aliphatic heterocycles. The number of likely N-dealkylation sites (tertiary alicyclic amines) is 1. The summed E-state index contributed by atoms with van der Waals surface area (Å²) in [5, 5.41) is 4.03. The summed E-state index contributed by atoms with van der Waals surface area (Å²) in [4.78, 5) is 22.3. The van der Waals surface area contributed by atoms with Crippen LogP contribution in [0.3, 0.4) is 0 Å². The van der Waals surface area contributed by atoms with Crippen molar-refractivity contribution in [2.24, 2.45) is 5.92 Å². The largest absolute Gasteiger partial charge is 0.489 e. The second-order valence-electron chi connectivity index (χ2n) is 7.22. The number of carbonyl (C=O) groups is 1. The average molecular weight is 443 g/mol. The van der Waals surface area contributed by atoms with Gasteiger partial charge in [0, 0.05) is 29.7 Å². The van der Waals surface area contributed by atoms with Gasteiger partial charge in [-0.3, -0.25) is 9.69 Å². The number of aromatic nitrogens is 2. The molecule has 154 valence electrons. The van der Waals surface area contributed by atoms with E-state index in [1.165, 1.54) is 11.9 Å². The third-order valence-corrected chi connectivity index (χ3v) is 5.25. The summed E-state index contributed by atoms with van der Waals surface area (Å²) in [5.74, 6) is 0.768. The van der Waals surface area contributed by atoms with Crippen molar-refractivity contribution in [3.05, 3.63) is 82.4 Å². The van der Waals surface area contributed by atoms with Gasteiger partial charge in [0.25, 0.3) is 0 Å². The third-order valence-electron chi connectivity index (χ3n) is 4.81. The van der Waals surface area contributed by atoms with Crippen LogP contribution in [0, 0.1) is 5.92 Å². The molecule has 0 radical (unpaired) electrons. The second-order valence-corrected chi connectivity index (χ2v) is 8.09. The highest BCUT2D eigenvalue weighted by Gasteiger charge is 2.32. The Labute approximate surface area is 184 Å². The van der Waals surface area contributed by atoms with E-state index in [2.05, 4.69) is 20.2 Å². The number of nitrogens with zero attached hydrogens (tertiary/aromatic N) is 3. The van der Waals surface area contributed by atoms with Crippen molar-refractivity contribution in [2.75, 3.05) is 18.4 Å². The molecule has 0 saturated carbocycles. The fourth-order valence-electron chi connectivity index (χ4n) is 3.28. The predicted octanol–water partition coefficient (Wildman–Crippen LogP) is 4.43. The molecule has 1 aliphatic rings. The van der Waals surface area contributed by atoms with E-state index >= 15 is 0 Å². The predicted molar refractivity (Wildman–Crippen MR) is 117 cm³/mol. The maximum absolute atomic E-state index is 12.2. The molecule has 0 aliphatic carbocycles. The van der Waals surface area contributed by atoms with Gasteiger partial charge in [0.15, 0.2) is 0 Å². The Morgan fingerprint density at radius 3 is 2.37 bits per heavy atom. The summed E-state index contributed by atoms with van der Waals surface area (Å²) in [7, 11) is 0. The van der Waals surface area contributed by atoms with Crippen molar-refractivity contribution in [2.45, 2.75) is 13.2 Å². The molecule has 3 aromatic rings. The topological polar surface area (TPSA) is 67.4 Å². The molecule has 0 unspecified atom stereocenters. The van der Waals surface area contributed by atoms with Crippen LogP contribution in [0.4, 0.5) is 5.69 Å². The number of halogens is 2. The van der Waals surface area contributed by atoms with E-state index in [9.17, 15) is 4.79 Å². The molecule has 8 heteroatoms. The first-order valence-corrected chi connectivity index (χ1v) is 10.3. The first kappa shape index (κ1) is 20.6. The summed E-state index contributed by atoms with van der Waals surface area (Å²) < 4.78 is 5.81. The summed E-state index contributed by atoms with van der Waals surface area (Å²) in [6.07, 6.45) is 4.61. The van der Waals surface area contributed by atoms with Crippen LogP contribution in [0.1, 0.15) is 11.1 Å². The van der Waals surface area contributed by atoms with Gasteiger partial charge < -0.3 is 10.1 Å². The highest BCUT2D eigenvalue weighted by Crippen LogP contribution is 2.23. The van der Waals surface area contributed by atoms with E-state index < -0.39 is 0 Å². The van der Waals surface area contributed by atoms with E-state index in [1.54, 1.807) is 18.5 Å². The molecule has 6 nitrogen and oxygen atoms in total. The number of ether oxygens (including phenoxy) is 1. The highest BCUT2D eigenvalue weighted by molar-refractivity contribution is 6.34. The normalized spacial score (nSPS) is 14.2. The highest BCUT2D eigenvalue weighted by atomic mass is 35.5. The summed E-state index contributed by atoms with van der Waals surface area (Å²) in [5.41, 5.74) is 2.71. The van der Waals surface area contributed by atoms with Crippen LogP contribution in [0.15, 0.2) is 61.2 Å². The minimum atomic E-state index is -0.0164. The van der Waals surface area contributed by atoms with E-state index in [1.807, 2.05) is 36.4 Å². The van der Waals surface area contributed by atoms with Gasteiger partial charge in [-0.2, -0.15) is 0 Å². The molecule has 0 bridgehead atoms. The van der Waals surface area contributed by atoms with Crippen molar-refractivity contribution >= 4 is 34.8 Å². The van der Waals surface area contributed by atoms with Crippen molar-refractivity contribution in [3.63, 3.8) is 0 Å². The molecular formula is C22H20Cl2N4O2. The Morgan fingerprint density at radius 1 is 1.03 bits per heavy atom. The van der Waals surface area contributed by atoms with Gasteiger partial charge in [-0.25, -0.2) is 9.97 Å². The quantitative estimate of drug-likeness (QED) is 0.585. The standard InChI is InChI=1S/C22H20Cl2N4O2/c23-18-5-16(6-19(24)7-18)13-30-21-3-1-15(2-4-21)10-28-11-17(12-28)22(29)27-20-8-25-14-26-9-20/h1-9,14,17H,10-13H2,(H,27,29). The van der Waals surface area contributed by atoms with E-state index in [0.29, 0.717) is 22.3 Å². The maximum atomic E-state index is 12.2. The Hall–Kier alpha value is -2.67. The van der Waals surface area contributed by atoms with Crippen LogP contribution in [0.2, 0.25) is 10.0 Å². The Kier molecular flexibility index (Phi) is 6.47. The average Bonchev–Trinajstić information content (AvgIpc) is 2.69. The molecule has 1 aromatic heterocycles. The lowest BCUT2D eigenvalue weighted by Crippen LogP contribution is -2.51. The van der Waals surface area contributed by atoms with E-state index in [-0.39, 0.29) is 11.8 Å². The van der Waals surface area contributed by atoms with Gasteiger partial charge in [0.2, 0.25) is 5.91 Å². The zero-order valence-corrected chi connectivity index (χ0v) is 17.6. The number of rotatable bonds is 7. The van der Waals surface area contributed by atoms with Gasteiger partial charge in [0.1, 0.15) is 18.7 Å². The minimum Gasteiger partial charge on any atom is -0.489 e. The van der Waals surface area contributed by atoms with Crippen LogP contribution in [0.5, 0.6) is 5.75 Å². The number of hydrogen-bond donors (Lipinski definition) is 1. The lowest BCUT2D eigenvalue weighted by atomic mass is 9.98. The van der Waals surface area contributed by atoms with Crippen molar-refractivity contribution in [1.82, 2.24) is 14.9 Å². The first-order chi connectivity index (χ1) is 14.5. The molecule has 4 rings (SSSR count). The second kappa shape index (κ2) is 9.43. The Morgan fingerprint density at radius 2 is 1.70 bits per heavy atom. The summed E-state index contributed by atoms with van der Waals surface area (Å²) >= 11 is 12.0. The number of amides is 1. The molecule has 1 amide bonds. The molecular weight excluding hydrogens is 423 g/mol. The summed E-state index contributed by atoms with van der Waals surface area (Å²) in [6.45, 7) is 2.65. The van der Waals surface area contributed by atoms with Crippen LogP contribution < -0.4 is 10.1 Å². The summed E-state index contributed by atoms with van der Waals surface area (Å²) in [6, 6.07) is 13.3. The SMILES string of the molecule is O=C(Nc1cncnc1)C1CN(Cc2ccc(OCc3cc(Cl)cc(Cl)c3)cc2)C1. The number of nitrogens with one attached hydrogen (secondary N) is 1. The smallest absolute Gasteiger partial charge is 0.230 e. The maximum Gasteiger partial charge on any atom is 0.230 e. The fourth-order valence-corrected chi connectivity index (χ4v) is 3.85. The minimum absolute atomic E-state index is 0.00548. The monoisotopic (exact) mass is 442 g/mol. The van der Waals surface area contributed by atoms with Crippen LogP contribution in [-0.2, 0) is 17.9 Å². The van der Waals surface area contributed by atoms with Crippen LogP contribution >= 0.6 is 23.2 Å². The fraction of sp³-hybridized carbons (Fsp3) is 0.227. The van der Waals surface area contributed by atoms with Gasteiger partial charge in [-0.1, -0.05) is 35.3 Å². The van der Waals surface area contributed by atoms with Gasteiger partial charge >= 0.3 is 0 Å². The lowest BCUT2D eigenvalue weighted by molar-refractivity contribution is -0.125. The van der Waals surface area contributed by atoms with E-state index in [0.717, 1.165) is 30.9 Å². The van der Waals surface area contributed by atoms with Crippen LogP contribution in [-0.4, -0.2) is 33.9 Å². The molecule has 1 saturated heterocycles. The molecule has 0 spiro atoms. The Balaban J connectivity index is 1.22. The number of benzene rings is 2. The lowest BCUT2D eigenvalue weighted by Gasteiger charge is -2.38. The molecule has 1 fully saturated rings. The molecule has 2 aromatic carbocycles. The van der Waals surface area contributed by atoms with Crippen molar-refractivity contribution < 1.29 is 9.53 Å². The number of carbonyl (C=O) groups excluding carboxylic acids is 1. The number of anilines is 1. The van der Waals surface area contributed by atoms with E-state index in [4.69, 9.17) is 27.9 Å². The molecule has 1 N–H and O–H groups in total. The third kappa shape index (κ3) is 5.48. The first-order valence-electron chi connectivity index (χ1n) is 9.50. The zero-order valence-electron chi connectivity index (χ0n) is 16.1. The van der Waals surface area contributed by atoms with Gasteiger partial charge in [-0.05, 0) is 41.5 Å². The zero-order chi connectivity index (χ0) is 20.9. The number of hydrogen-bond acceptors (Lipinski definition) is 5.